The summed E-state index contributed by atoms with van der Waals surface area (Å²) in [6, 6.07) is -1.34. The molecule has 0 heterocycles. The number of hydrogen-bond acceptors (Lipinski definition) is 5. The van der Waals surface area contributed by atoms with E-state index >= 15 is 0 Å². The molecule has 18 heavy (non-hydrogen) atoms. The fourth-order valence-electron chi connectivity index (χ4n) is 0.788. The van der Waals surface area contributed by atoms with Crippen LogP contribution in [-0.2, 0) is 14.3 Å². The van der Waals surface area contributed by atoms with Crippen LogP contribution in [0.15, 0.2) is 0 Å². The number of amides is 1. The number of aliphatic carboxylic acids is 2. The molecule has 0 aromatic heterocycles. The predicted molar refractivity (Wildman–Crippen MR) is 61.2 cm³/mol. The van der Waals surface area contributed by atoms with E-state index in [1.165, 1.54) is 6.92 Å². The van der Waals surface area contributed by atoms with Crippen molar-refractivity contribution < 1.29 is 34.4 Å². The molecular formula is C10H19NO7. The van der Waals surface area contributed by atoms with Crippen molar-refractivity contribution in [2.24, 2.45) is 0 Å². The summed E-state index contributed by atoms with van der Waals surface area (Å²) in [6.07, 6.45) is -1.03. The molecule has 8 nitrogen and oxygen atoms in total. The molecule has 0 spiro atoms. The fraction of sp³-hybridized carbons (Fsp3) is 0.700. The van der Waals surface area contributed by atoms with Crippen LogP contribution in [0.5, 0.6) is 0 Å². The van der Waals surface area contributed by atoms with Crippen LogP contribution in [0, 0.1) is 0 Å². The summed E-state index contributed by atoms with van der Waals surface area (Å²) in [6.45, 7) is 3.10. The van der Waals surface area contributed by atoms with Gasteiger partial charge < -0.3 is 25.4 Å². The van der Waals surface area contributed by atoms with Gasteiger partial charge in [-0.1, -0.05) is 6.92 Å². The van der Waals surface area contributed by atoms with E-state index in [-0.39, 0.29) is 0 Å². The molecule has 4 N–H and O–H groups in total. The third kappa shape index (κ3) is 10.7. The van der Waals surface area contributed by atoms with Crippen LogP contribution >= 0.6 is 0 Å². The summed E-state index contributed by atoms with van der Waals surface area (Å²) in [4.78, 5) is 30.5. The number of carboxylic acid groups (broad SMARTS) is 2. The van der Waals surface area contributed by atoms with Crippen molar-refractivity contribution in [2.75, 3.05) is 7.11 Å². The molecule has 8 heteroatoms. The highest BCUT2D eigenvalue weighted by molar-refractivity contribution is 5.80. The van der Waals surface area contributed by atoms with Crippen molar-refractivity contribution in [3.05, 3.63) is 0 Å². The zero-order valence-electron chi connectivity index (χ0n) is 10.5. The van der Waals surface area contributed by atoms with E-state index in [1.807, 2.05) is 12.2 Å². The minimum atomic E-state index is -1.34. The normalized spacial score (nSPS) is 12.4. The molecule has 0 saturated carbocycles. The maximum absolute atomic E-state index is 10.5. The quantitative estimate of drug-likeness (QED) is 0.551. The second-order valence-corrected chi connectivity index (χ2v) is 3.34. The molecule has 0 radical (unpaired) electrons. The Balaban J connectivity index is 0. The molecule has 0 aliphatic heterocycles. The highest BCUT2D eigenvalue weighted by Gasteiger charge is 2.24. The predicted octanol–water partition coefficient (Wildman–Crippen LogP) is 0.0475. The SMILES string of the molecule is CCCC(=O)O.COC(=O)N[C@H](C(=O)O)[C@@H](C)O. The smallest absolute Gasteiger partial charge is 0.407 e. The third-order valence-corrected chi connectivity index (χ3v) is 1.67. The van der Waals surface area contributed by atoms with Gasteiger partial charge >= 0.3 is 18.0 Å². The zero-order valence-corrected chi connectivity index (χ0v) is 10.5. The number of alkyl carbamates (subject to hydrolysis) is 1. The van der Waals surface area contributed by atoms with Gasteiger partial charge in [0, 0.05) is 6.42 Å². The number of ether oxygens (including phenoxy) is 1. The van der Waals surface area contributed by atoms with Crippen LogP contribution in [0.4, 0.5) is 4.79 Å². The van der Waals surface area contributed by atoms with E-state index < -0.39 is 30.2 Å². The Morgan fingerprint density at radius 3 is 1.94 bits per heavy atom. The molecule has 0 fully saturated rings. The Hall–Kier alpha value is -1.83. The maximum atomic E-state index is 10.5. The van der Waals surface area contributed by atoms with Crippen molar-refractivity contribution in [1.29, 1.82) is 0 Å². The molecule has 0 saturated heterocycles. The van der Waals surface area contributed by atoms with Gasteiger partial charge in [0.1, 0.15) is 0 Å². The van der Waals surface area contributed by atoms with Crippen LogP contribution < -0.4 is 5.32 Å². The second kappa shape index (κ2) is 10.3. The minimum absolute atomic E-state index is 0.292. The summed E-state index contributed by atoms with van der Waals surface area (Å²) in [7, 11) is 1.11. The average Bonchev–Trinajstić information content (AvgIpc) is 2.25. The van der Waals surface area contributed by atoms with E-state index in [4.69, 9.17) is 15.3 Å². The molecule has 106 valence electrons. The fourth-order valence-corrected chi connectivity index (χ4v) is 0.788. The van der Waals surface area contributed by atoms with Crippen LogP contribution in [0.2, 0.25) is 0 Å². The van der Waals surface area contributed by atoms with Gasteiger partial charge in [0.15, 0.2) is 6.04 Å². The molecule has 0 unspecified atom stereocenters. The first kappa shape index (κ1) is 18.5. The third-order valence-electron chi connectivity index (χ3n) is 1.67. The number of carboxylic acids is 2. The van der Waals surface area contributed by atoms with Crippen molar-refractivity contribution in [3.8, 4) is 0 Å². The van der Waals surface area contributed by atoms with Crippen LogP contribution in [0.3, 0.4) is 0 Å². The molecule has 1 amide bonds. The van der Waals surface area contributed by atoms with Crippen LogP contribution in [0.25, 0.3) is 0 Å². The first-order valence-electron chi connectivity index (χ1n) is 5.23. The molecule has 2 atom stereocenters. The van der Waals surface area contributed by atoms with Crippen molar-refractivity contribution in [1.82, 2.24) is 5.32 Å². The monoisotopic (exact) mass is 265 g/mol. The van der Waals surface area contributed by atoms with E-state index in [9.17, 15) is 14.4 Å². The number of carbonyl (C=O) groups is 3. The number of aliphatic hydroxyl groups excluding tert-OH is 1. The van der Waals surface area contributed by atoms with Gasteiger partial charge in [-0.3, -0.25) is 4.79 Å². The summed E-state index contributed by atoms with van der Waals surface area (Å²) < 4.78 is 4.16. The number of hydrogen-bond donors (Lipinski definition) is 4. The van der Waals surface area contributed by atoms with E-state index in [1.54, 1.807) is 0 Å². The molecule has 0 bridgehead atoms. The Morgan fingerprint density at radius 1 is 1.28 bits per heavy atom. The topological polar surface area (TPSA) is 133 Å². The molecular weight excluding hydrogens is 246 g/mol. The Kier molecular flexibility index (Phi) is 10.6. The van der Waals surface area contributed by atoms with E-state index in [2.05, 4.69) is 4.74 Å². The van der Waals surface area contributed by atoms with Crippen molar-refractivity contribution in [3.63, 3.8) is 0 Å². The lowest BCUT2D eigenvalue weighted by Crippen LogP contribution is -2.47. The summed E-state index contributed by atoms with van der Waals surface area (Å²) in [5, 5.41) is 27.2. The van der Waals surface area contributed by atoms with Gasteiger partial charge in [-0.2, -0.15) is 0 Å². The minimum Gasteiger partial charge on any atom is -0.481 e. The lowest BCUT2D eigenvalue weighted by molar-refractivity contribution is -0.142. The number of rotatable bonds is 5. The van der Waals surface area contributed by atoms with Crippen molar-refractivity contribution >= 4 is 18.0 Å². The lowest BCUT2D eigenvalue weighted by Gasteiger charge is -2.15. The molecule has 0 aromatic carbocycles. The highest BCUT2D eigenvalue weighted by atomic mass is 16.5. The lowest BCUT2D eigenvalue weighted by atomic mass is 10.2. The van der Waals surface area contributed by atoms with E-state index in [0.717, 1.165) is 13.5 Å². The molecule has 0 aliphatic carbocycles. The molecule has 0 aliphatic rings. The standard InChI is InChI=1S/C6H11NO5.C4H8O2/c1-3(8)4(5(9)10)7-6(11)12-2;1-2-3-4(5)6/h3-4,8H,1-2H3,(H,7,11)(H,9,10);2-3H2,1H3,(H,5,6)/t3-,4+;/m1./s1. The molecule has 0 aromatic rings. The first-order chi connectivity index (χ1) is 8.26. The first-order valence-corrected chi connectivity index (χ1v) is 5.23. The largest absolute Gasteiger partial charge is 0.481 e. The number of carbonyl (C=O) groups excluding carboxylic acids is 1. The Labute approximate surface area is 105 Å². The Bertz CT molecular complexity index is 277. The number of methoxy groups -OCH3 is 1. The van der Waals surface area contributed by atoms with Gasteiger partial charge in [-0.15, -0.1) is 0 Å². The van der Waals surface area contributed by atoms with Crippen molar-refractivity contribution in [2.45, 2.75) is 38.8 Å². The summed E-state index contributed by atoms with van der Waals surface area (Å²) in [5.41, 5.74) is 0. The van der Waals surface area contributed by atoms with E-state index in [0.29, 0.717) is 6.42 Å². The van der Waals surface area contributed by atoms with Gasteiger partial charge in [-0.05, 0) is 13.3 Å². The number of aliphatic hydroxyl groups is 1. The summed E-state index contributed by atoms with van der Waals surface area (Å²) >= 11 is 0. The van der Waals surface area contributed by atoms with Crippen LogP contribution in [-0.4, -0.2) is 52.6 Å². The van der Waals surface area contributed by atoms with Gasteiger partial charge in [0.05, 0.1) is 13.2 Å². The van der Waals surface area contributed by atoms with Crippen LogP contribution in [0.1, 0.15) is 26.7 Å². The zero-order chi connectivity index (χ0) is 14.7. The van der Waals surface area contributed by atoms with Gasteiger partial charge in [0.25, 0.3) is 0 Å². The molecule has 0 rings (SSSR count). The van der Waals surface area contributed by atoms with Gasteiger partial charge in [0.2, 0.25) is 0 Å². The van der Waals surface area contributed by atoms with Gasteiger partial charge in [-0.25, -0.2) is 9.59 Å². The highest BCUT2D eigenvalue weighted by Crippen LogP contribution is 1.93. The Morgan fingerprint density at radius 2 is 1.78 bits per heavy atom. The second-order valence-electron chi connectivity index (χ2n) is 3.34. The average molecular weight is 265 g/mol. The maximum Gasteiger partial charge on any atom is 0.407 e. The number of nitrogens with one attached hydrogen (secondary N) is 1. The summed E-state index contributed by atoms with van der Waals surface area (Å²) in [5.74, 6) is -2.02.